The predicted octanol–water partition coefficient (Wildman–Crippen LogP) is 2.87. The van der Waals surface area contributed by atoms with Gasteiger partial charge in [-0.1, -0.05) is 40.2 Å². The third-order valence-corrected chi connectivity index (χ3v) is 2.15. The van der Waals surface area contributed by atoms with Gasteiger partial charge in [-0.25, -0.2) is 0 Å². The van der Waals surface area contributed by atoms with Gasteiger partial charge in [-0.05, 0) is 38.4 Å². The molecule has 0 radical (unpaired) electrons. The number of rotatable bonds is 9. The molecule has 0 aliphatic rings. The average molecular weight is 242 g/mol. The molecular weight excluding hydrogens is 212 g/mol. The van der Waals surface area contributed by atoms with Crippen molar-refractivity contribution in [3.8, 4) is 0 Å². The van der Waals surface area contributed by atoms with Crippen molar-refractivity contribution in [2.24, 2.45) is 0 Å². The van der Waals surface area contributed by atoms with Crippen molar-refractivity contribution < 1.29 is 4.79 Å². The van der Waals surface area contributed by atoms with Gasteiger partial charge in [-0.2, -0.15) is 0 Å². The molecule has 0 aliphatic heterocycles. The highest BCUT2D eigenvalue weighted by atomic mass is 16.1. The molecule has 0 fully saturated rings. The third-order valence-electron chi connectivity index (χ3n) is 2.15. The Kier molecular flexibility index (Phi) is 19.1. The molecule has 0 unspecified atom stereocenters. The highest BCUT2D eigenvalue weighted by Gasteiger charge is 1.86. The Morgan fingerprint density at radius 1 is 1.00 bits per heavy atom. The van der Waals surface area contributed by atoms with Gasteiger partial charge in [0.05, 0.1) is 0 Å². The molecule has 0 aromatic heterocycles. The van der Waals surface area contributed by atoms with Crippen LogP contribution < -0.4 is 10.6 Å². The fraction of sp³-hybridized carbons (Fsp3) is 0.786. The smallest absolute Gasteiger partial charge is 0.243 e. The standard InChI is InChI=1S/C8H19N.C6H11NO/c1-3-5-7-9-8-6-4-2;1-3-5-7-6(8)4-2/h9H,3-8H2,1-2H3;4H,2-3,5H2,1H3,(H,7,8). The lowest BCUT2D eigenvalue weighted by molar-refractivity contribution is -0.116. The Balaban J connectivity index is 0. The molecule has 1 amide bonds. The second-order valence-corrected chi connectivity index (χ2v) is 3.95. The molecule has 3 heteroatoms. The number of nitrogens with one attached hydrogen (secondary N) is 2. The van der Waals surface area contributed by atoms with Crippen LogP contribution in [0, 0.1) is 0 Å². The summed E-state index contributed by atoms with van der Waals surface area (Å²) in [7, 11) is 0. The van der Waals surface area contributed by atoms with Crippen LogP contribution in [0.15, 0.2) is 12.7 Å². The topological polar surface area (TPSA) is 41.1 Å². The normalized spacial score (nSPS) is 9.12. The fourth-order valence-corrected chi connectivity index (χ4v) is 1.05. The molecule has 0 atom stereocenters. The summed E-state index contributed by atoms with van der Waals surface area (Å²) in [5.41, 5.74) is 0. The Hall–Kier alpha value is -0.830. The highest BCUT2D eigenvalue weighted by Crippen LogP contribution is 1.85. The van der Waals surface area contributed by atoms with Gasteiger partial charge in [0, 0.05) is 6.54 Å². The van der Waals surface area contributed by atoms with Crippen LogP contribution in [0.5, 0.6) is 0 Å². The van der Waals surface area contributed by atoms with Gasteiger partial charge in [0.25, 0.3) is 0 Å². The maximum absolute atomic E-state index is 10.3. The zero-order valence-electron chi connectivity index (χ0n) is 11.8. The minimum Gasteiger partial charge on any atom is -0.353 e. The van der Waals surface area contributed by atoms with Crippen LogP contribution in [0.3, 0.4) is 0 Å². The van der Waals surface area contributed by atoms with Crippen molar-refractivity contribution in [3.05, 3.63) is 12.7 Å². The Labute approximate surface area is 107 Å². The first-order valence-electron chi connectivity index (χ1n) is 6.83. The van der Waals surface area contributed by atoms with Gasteiger partial charge in [-0.15, -0.1) is 0 Å². The predicted molar refractivity (Wildman–Crippen MR) is 76.2 cm³/mol. The summed E-state index contributed by atoms with van der Waals surface area (Å²) < 4.78 is 0. The number of carbonyl (C=O) groups excluding carboxylic acids is 1. The molecule has 0 aromatic carbocycles. The van der Waals surface area contributed by atoms with Gasteiger partial charge in [0.1, 0.15) is 0 Å². The zero-order valence-corrected chi connectivity index (χ0v) is 11.8. The maximum Gasteiger partial charge on any atom is 0.243 e. The minimum atomic E-state index is -0.0909. The quantitative estimate of drug-likeness (QED) is 0.482. The SMILES string of the molecule is C=CC(=O)NCCC.CCCCNCCCC. The van der Waals surface area contributed by atoms with Crippen molar-refractivity contribution >= 4 is 5.91 Å². The maximum atomic E-state index is 10.3. The first-order valence-corrected chi connectivity index (χ1v) is 6.83. The summed E-state index contributed by atoms with van der Waals surface area (Å²) >= 11 is 0. The molecule has 0 rings (SSSR count). The lowest BCUT2D eigenvalue weighted by Gasteiger charge is -1.99. The molecule has 0 saturated carbocycles. The molecule has 0 heterocycles. The van der Waals surface area contributed by atoms with Crippen molar-refractivity contribution in [3.63, 3.8) is 0 Å². The Bertz CT molecular complexity index is 164. The Morgan fingerprint density at radius 3 is 1.88 bits per heavy atom. The fourth-order valence-electron chi connectivity index (χ4n) is 1.05. The summed E-state index contributed by atoms with van der Waals surface area (Å²) in [4.78, 5) is 10.3. The Morgan fingerprint density at radius 2 is 1.53 bits per heavy atom. The molecule has 0 bridgehead atoms. The molecule has 17 heavy (non-hydrogen) atoms. The lowest BCUT2D eigenvalue weighted by atomic mass is 10.3. The van der Waals surface area contributed by atoms with Crippen LogP contribution >= 0.6 is 0 Å². The molecule has 2 N–H and O–H groups in total. The van der Waals surface area contributed by atoms with E-state index in [1.54, 1.807) is 0 Å². The van der Waals surface area contributed by atoms with E-state index in [-0.39, 0.29) is 5.91 Å². The second-order valence-electron chi connectivity index (χ2n) is 3.95. The summed E-state index contributed by atoms with van der Waals surface area (Å²) in [6.07, 6.45) is 7.50. The third kappa shape index (κ3) is 21.1. The number of hydrogen-bond donors (Lipinski definition) is 2. The molecule has 0 saturated heterocycles. The molecular formula is C14H30N2O. The van der Waals surface area contributed by atoms with Crippen LogP contribution in [-0.2, 0) is 4.79 Å². The minimum absolute atomic E-state index is 0.0909. The summed E-state index contributed by atoms with van der Waals surface area (Å²) in [6.45, 7) is 12.9. The van der Waals surface area contributed by atoms with E-state index in [0.29, 0.717) is 0 Å². The van der Waals surface area contributed by atoms with E-state index in [4.69, 9.17) is 0 Å². The average Bonchev–Trinajstić information content (AvgIpc) is 2.36. The number of carbonyl (C=O) groups is 1. The molecule has 0 aromatic rings. The van der Waals surface area contributed by atoms with Crippen LogP contribution in [-0.4, -0.2) is 25.5 Å². The van der Waals surface area contributed by atoms with Gasteiger partial charge in [-0.3, -0.25) is 4.79 Å². The first-order chi connectivity index (χ1) is 8.22. The van der Waals surface area contributed by atoms with Crippen LogP contribution in [0.4, 0.5) is 0 Å². The van der Waals surface area contributed by atoms with Crippen molar-refractivity contribution in [1.29, 1.82) is 0 Å². The van der Waals surface area contributed by atoms with Gasteiger partial charge in [0.15, 0.2) is 0 Å². The number of hydrogen-bond acceptors (Lipinski definition) is 2. The van der Waals surface area contributed by atoms with E-state index in [1.165, 1.54) is 44.8 Å². The first kappa shape index (κ1) is 18.5. The van der Waals surface area contributed by atoms with Crippen LogP contribution in [0.1, 0.15) is 52.9 Å². The monoisotopic (exact) mass is 242 g/mol. The molecule has 3 nitrogen and oxygen atoms in total. The van der Waals surface area contributed by atoms with E-state index in [2.05, 4.69) is 31.1 Å². The van der Waals surface area contributed by atoms with E-state index in [0.717, 1.165) is 13.0 Å². The van der Waals surface area contributed by atoms with Crippen molar-refractivity contribution in [1.82, 2.24) is 10.6 Å². The highest BCUT2D eigenvalue weighted by molar-refractivity contribution is 5.86. The molecule has 102 valence electrons. The van der Waals surface area contributed by atoms with E-state index in [1.807, 2.05) is 6.92 Å². The van der Waals surface area contributed by atoms with Crippen LogP contribution in [0.2, 0.25) is 0 Å². The van der Waals surface area contributed by atoms with E-state index < -0.39 is 0 Å². The molecule has 0 aliphatic carbocycles. The van der Waals surface area contributed by atoms with E-state index >= 15 is 0 Å². The summed E-state index contributed by atoms with van der Waals surface area (Å²) in [5.74, 6) is -0.0909. The second kappa shape index (κ2) is 17.6. The van der Waals surface area contributed by atoms with Crippen molar-refractivity contribution in [2.75, 3.05) is 19.6 Å². The van der Waals surface area contributed by atoms with Gasteiger partial charge < -0.3 is 10.6 Å². The van der Waals surface area contributed by atoms with Gasteiger partial charge >= 0.3 is 0 Å². The molecule has 0 spiro atoms. The van der Waals surface area contributed by atoms with Crippen molar-refractivity contribution in [2.45, 2.75) is 52.9 Å². The van der Waals surface area contributed by atoms with Gasteiger partial charge in [0.2, 0.25) is 5.91 Å². The lowest BCUT2D eigenvalue weighted by Crippen LogP contribution is -2.20. The summed E-state index contributed by atoms with van der Waals surface area (Å²) in [5, 5.41) is 6.01. The zero-order chi connectivity index (χ0) is 13.4. The number of unbranched alkanes of at least 4 members (excludes halogenated alkanes) is 2. The largest absolute Gasteiger partial charge is 0.353 e. The summed E-state index contributed by atoms with van der Waals surface area (Å²) in [6, 6.07) is 0. The van der Waals surface area contributed by atoms with Crippen LogP contribution in [0.25, 0.3) is 0 Å². The van der Waals surface area contributed by atoms with E-state index in [9.17, 15) is 4.79 Å². The number of amides is 1.